The van der Waals surface area contributed by atoms with Gasteiger partial charge in [-0.25, -0.2) is 4.79 Å². The summed E-state index contributed by atoms with van der Waals surface area (Å²) in [6, 6.07) is 0.374. The number of hydrogen-bond donors (Lipinski definition) is 1. The van der Waals surface area contributed by atoms with E-state index < -0.39 is 0 Å². The fourth-order valence-electron chi connectivity index (χ4n) is 0.847. The van der Waals surface area contributed by atoms with Crippen molar-refractivity contribution in [1.82, 2.24) is 5.32 Å². The molecular formula is C7H13NO2. The van der Waals surface area contributed by atoms with Crippen LogP contribution in [0.4, 0.5) is 4.79 Å². The van der Waals surface area contributed by atoms with E-state index in [1.807, 2.05) is 0 Å². The van der Waals surface area contributed by atoms with Crippen LogP contribution >= 0.6 is 0 Å². The molecule has 1 amide bonds. The fraction of sp³-hybridized carbons (Fsp3) is 0.857. The molecule has 0 saturated heterocycles. The zero-order chi connectivity index (χ0) is 7.56. The van der Waals surface area contributed by atoms with Crippen molar-refractivity contribution in [2.24, 2.45) is 5.92 Å². The summed E-state index contributed by atoms with van der Waals surface area (Å²) in [5.41, 5.74) is 0. The number of carbonyl (C=O) groups is 1. The van der Waals surface area contributed by atoms with Crippen molar-refractivity contribution >= 4 is 6.09 Å². The van der Waals surface area contributed by atoms with E-state index in [1.54, 1.807) is 6.92 Å². The molecule has 0 heterocycles. The lowest BCUT2D eigenvalue weighted by Gasteiger charge is -2.01. The quantitative estimate of drug-likeness (QED) is 0.629. The predicted octanol–water partition coefficient (Wildman–Crippen LogP) is 1.14. The van der Waals surface area contributed by atoms with Gasteiger partial charge in [0.15, 0.2) is 0 Å². The minimum absolute atomic E-state index is 0.281. The molecule has 0 aromatic carbocycles. The normalized spacial score (nSPS) is 29.4. The standard InChI is InChI=1S/C7H13NO2/c1-3-10-7(9)8-6-4-5(6)2/h5-6H,3-4H2,1-2H3,(H,8,9). The summed E-state index contributed by atoms with van der Waals surface area (Å²) < 4.78 is 4.69. The maximum Gasteiger partial charge on any atom is 0.407 e. The van der Waals surface area contributed by atoms with Gasteiger partial charge in [0.25, 0.3) is 0 Å². The van der Waals surface area contributed by atoms with Gasteiger partial charge >= 0.3 is 6.09 Å². The SMILES string of the molecule is CCOC(=O)NC1CC1C. The molecule has 3 heteroatoms. The Bertz CT molecular complexity index is 136. The zero-order valence-corrected chi connectivity index (χ0v) is 6.39. The van der Waals surface area contributed by atoms with Gasteiger partial charge in [-0.05, 0) is 19.3 Å². The molecule has 0 aromatic rings. The lowest BCUT2D eigenvalue weighted by Crippen LogP contribution is -2.27. The van der Waals surface area contributed by atoms with E-state index in [-0.39, 0.29) is 6.09 Å². The lowest BCUT2D eigenvalue weighted by molar-refractivity contribution is 0.151. The molecule has 10 heavy (non-hydrogen) atoms. The van der Waals surface area contributed by atoms with Crippen LogP contribution in [0, 0.1) is 5.92 Å². The van der Waals surface area contributed by atoms with Crippen LogP contribution in [0.2, 0.25) is 0 Å². The van der Waals surface area contributed by atoms with Gasteiger partial charge in [-0.15, -0.1) is 0 Å². The number of carbonyl (C=O) groups excluding carboxylic acids is 1. The summed E-state index contributed by atoms with van der Waals surface area (Å²) in [7, 11) is 0. The average molecular weight is 143 g/mol. The number of ether oxygens (including phenoxy) is 1. The number of alkyl carbamates (subject to hydrolysis) is 1. The Morgan fingerprint density at radius 2 is 2.40 bits per heavy atom. The van der Waals surface area contributed by atoms with Gasteiger partial charge in [-0.1, -0.05) is 6.92 Å². The third-order valence-corrected chi connectivity index (χ3v) is 1.69. The molecule has 1 rings (SSSR count). The third kappa shape index (κ3) is 1.90. The maximum atomic E-state index is 10.7. The molecule has 1 aliphatic carbocycles. The first kappa shape index (κ1) is 7.38. The molecule has 1 aliphatic rings. The lowest BCUT2D eigenvalue weighted by atomic mass is 10.5. The highest BCUT2D eigenvalue weighted by Gasteiger charge is 2.34. The van der Waals surface area contributed by atoms with Crippen LogP contribution in [0.15, 0.2) is 0 Å². The van der Waals surface area contributed by atoms with Gasteiger partial charge in [0.05, 0.1) is 6.61 Å². The van der Waals surface area contributed by atoms with E-state index in [1.165, 1.54) is 0 Å². The molecule has 1 fully saturated rings. The van der Waals surface area contributed by atoms with Gasteiger partial charge in [0, 0.05) is 6.04 Å². The Labute approximate surface area is 60.7 Å². The molecule has 0 aromatic heterocycles. The Morgan fingerprint density at radius 3 is 2.80 bits per heavy atom. The maximum absolute atomic E-state index is 10.7. The second-order valence-corrected chi connectivity index (χ2v) is 2.68. The molecule has 58 valence electrons. The van der Waals surface area contributed by atoms with Crippen molar-refractivity contribution in [2.75, 3.05) is 6.61 Å². The van der Waals surface area contributed by atoms with Crippen molar-refractivity contribution < 1.29 is 9.53 Å². The summed E-state index contributed by atoms with van der Waals surface area (Å²) in [5.74, 6) is 0.643. The molecule has 1 saturated carbocycles. The van der Waals surface area contributed by atoms with Crippen LogP contribution in [-0.2, 0) is 4.74 Å². The fourth-order valence-corrected chi connectivity index (χ4v) is 0.847. The highest BCUT2D eigenvalue weighted by atomic mass is 16.5. The van der Waals surface area contributed by atoms with Gasteiger partial charge in [-0.3, -0.25) is 0 Å². The van der Waals surface area contributed by atoms with Crippen LogP contribution in [-0.4, -0.2) is 18.7 Å². The van der Waals surface area contributed by atoms with Crippen molar-refractivity contribution in [1.29, 1.82) is 0 Å². The minimum atomic E-state index is -0.281. The Balaban J connectivity index is 2.07. The van der Waals surface area contributed by atoms with Gasteiger partial charge in [0.1, 0.15) is 0 Å². The number of rotatable bonds is 2. The van der Waals surface area contributed by atoms with E-state index in [2.05, 4.69) is 12.2 Å². The first-order chi connectivity index (χ1) is 4.74. The zero-order valence-electron chi connectivity index (χ0n) is 6.39. The Hall–Kier alpha value is -0.730. The van der Waals surface area contributed by atoms with Crippen molar-refractivity contribution in [3.05, 3.63) is 0 Å². The van der Waals surface area contributed by atoms with E-state index in [4.69, 9.17) is 4.74 Å². The minimum Gasteiger partial charge on any atom is -0.450 e. The van der Waals surface area contributed by atoms with Crippen LogP contribution < -0.4 is 5.32 Å². The smallest absolute Gasteiger partial charge is 0.407 e. The third-order valence-electron chi connectivity index (χ3n) is 1.69. The largest absolute Gasteiger partial charge is 0.450 e. The second-order valence-electron chi connectivity index (χ2n) is 2.68. The first-order valence-corrected chi connectivity index (χ1v) is 3.67. The van der Waals surface area contributed by atoms with E-state index in [0.29, 0.717) is 18.6 Å². The molecule has 3 nitrogen and oxygen atoms in total. The first-order valence-electron chi connectivity index (χ1n) is 3.67. The number of hydrogen-bond acceptors (Lipinski definition) is 2. The van der Waals surface area contributed by atoms with Crippen molar-refractivity contribution in [2.45, 2.75) is 26.3 Å². The summed E-state index contributed by atoms with van der Waals surface area (Å²) in [5, 5.41) is 2.74. The van der Waals surface area contributed by atoms with Crippen LogP contribution in [0.25, 0.3) is 0 Å². The average Bonchev–Trinajstić information content (AvgIpc) is 2.47. The summed E-state index contributed by atoms with van der Waals surface area (Å²) >= 11 is 0. The van der Waals surface area contributed by atoms with Crippen molar-refractivity contribution in [3.63, 3.8) is 0 Å². The second kappa shape index (κ2) is 2.90. The molecule has 0 bridgehead atoms. The topological polar surface area (TPSA) is 38.3 Å². The van der Waals surface area contributed by atoms with E-state index in [9.17, 15) is 4.79 Å². The molecule has 0 radical (unpaired) electrons. The monoisotopic (exact) mass is 143 g/mol. The van der Waals surface area contributed by atoms with Crippen LogP contribution in [0.5, 0.6) is 0 Å². The summed E-state index contributed by atoms with van der Waals surface area (Å²) in [4.78, 5) is 10.7. The van der Waals surface area contributed by atoms with E-state index in [0.717, 1.165) is 6.42 Å². The number of nitrogens with one attached hydrogen (secondary N) is 1. The molecule has 0 aliphatic heterocycles. The van der Waals surface area contributed by atoms with Gasteiger partial charge in [-0.2, -0.15) is 0 Å². The van der Waals surface area contributed by atoms with Gasteiger partial charge in [0.2, 0.25) is 0 Å². The highest BCUT2D eigenvalue weighted by Crippen LogP contribution is 2.28. The summed E-state index contributed by atoms with van der Waals surface area (Å²) in [6.45, 7) is 4.36. The Kier molecular flexibility index (Phi) is 2.14. The van der Waals surface area contributed by atoms with Crippen molar-refractivity contribution in [3.8, 4) is 0 Å². The molecule has 2 unspecified atom stereocenters. The molecule has 2 atom stereocenters. The highest BCUT2D eigenvalue weighted by molar-refractivity contribution is 5.68. The molecule has 1 N–H and O–H groups in total. The number of amides is 1. The van der Waals surface area contributed by atoms with E-state index >= 15 is 0 Å². The molecule has 0 spiro atoms. The Morgan fingerprint density at radius 1 is 1.80 bits per heavy atom. The van der Waals surface area contributed by atoms with Gasteiger partial charge < -0.3 is 10.1 Å². The predicted molar refractivity (Wildman–Crippen MR) is 37.7 cm³/mol. The molecular weight excluding hydrogens is 130 g/mol. The summed E-state index contributed by atoms with van der Waals surface area (Å²) in [6.07, 6.45) is 0.815. The van der Waals surface area contributed by atoms with Crippen LogP contribution in [0.3, 0.4) is 0 Å². The van der Waals surface area contributed by atoms with Crippen LogP contribution in [0.1, 0.15) is 20.3 Å².